The first-order chi connectivity index (χ1) is 14.2. The van der Waals surface area contributed by atoms with Gasteiger partial charge >= 0.3 is 0 Å². The molecule has 0 bridgehead atoms. The lowest BCUT2D eigenvalue weighted by molar-refractivity contribution is 0.475. The quantitative estimate of drug-likeness (QED) is 0.557. The van der Waals surface area contributed by atoms with Gasteiger partial charge in [0.25, 0.3) is 0 Å². The number of imidazole rings is 1. The molecule has 1 saturated heterocycles. The zero-order chi connectivity index (χ0) is 19.8. The number of phenolic OH excluding ortho intramolecular Hbond substituents is 1. The van der Waals surface area contributed by atoms with Crippen molar-refractivity contribution in [2.24, 2.45) is 0 Å². The standard InChI is InChI=1S/C22H21N5OS/c1-15-5-7-17(8-6-15)27-14-23-19-21(26-9-11-29-12-10-26)24-20(25-22(19)27)16-3-2-4-18(28)13-16/h2-8,13-14,28H,9-12H2,1H3. The van der Waals surface area contributed by atoms with E-state index in [1.165, 1.54) is 5.56 Å². The van der Waals surface area contributed by atoms with Crippen LogP contribution in [0, 0.1) is 6.92 Å². The lowest BCUT2D eigenvalue weighted by Gasteiger charge is -2.27. The van der Waals surface area contributed by atoms with Gasteiger partial charge in [-0.25, -0.2) is 15.0 Å². The molecule has 1 fully saturated rings. The summed E-state index contributed by atoms with van der Waals surface area (Å²) in [7, 11) is 0. The molecule has 5 rings (SSSR count). The lowest BCUT2D eigenvalue weighted by Crippen LogP contribution is -2.33. The van der Waals surface area contributed by atoms with E-state index < -0.39 is 0 Å². The fourth-order valence-electron chi connectivity index (χ4n) is 3.55. The van der Waals surface area contributed by atoms with E-state index in [9.17, 15) is 5.11 Å². The predicted molar refractivity (Wildman–Crippen MR) is 118 cm³/mol. The van der Waals surface area contributed by atoms with Gasteiger partial charge in [0.2, 0.25) is 0 Å². The largest absolute Gasteiger partial charge is 0.508 e. The third-order valence-electron chi connectivity index (χ3n) is 5.10. The maximum atomic E-state index is 9.94. The highest BCUT2D eigenvalue weighted by Gasteiger charge is 2.21. The number of benzene rings is 2. The van der Waals surface area contributed by atoms with Crippen LogP contribution < -0.4 is 4.90 Å². The SMILES string of the molecule is Cc1ccc(-n2cnc3c(N4CCSCC4)nc(-c4cccc(O)c4)nc32)cc1. The van der Waals surface area contributed by atoms with Crippen molar-refractivity contribution in [3.05, 3.63) is 60.4 Å². The van der Waals surface area contributed by atoms with Crippen LogP contribution in [0.1, 0.15) is 5.56 Å². The van der Waals surface area contributed by atoms with Gasteiger partial charge in [-0.05, 0) is 31.2 Å². The molecule has 0 spiro atoms. The van der Waals surface area contributed by atoms with Gasteiger partial charge < -0.3 is 10.0 Å². The summed E-state index contributed by atoms with van der Waals surface area (Å²) in [5, 5.41) is 9.94. The van der Waals surface area contributed by atoms with Crippen LogP contribution >= 0.6 is 11.8 Å². The third-order valence-corrected chi connectivity index (χ3v) is 6.05. The van der Waals surface area contributed by atoms with Gasteiger partial charge in [0.1, 0.15) is 12.1 Å². The second kappa shape index (κ2) is 7.40. The number of hydrogen-bond donors (Lipinski definition) is 1. The highest BCUT2D eigenvalue weighted by atomic mass is 32.2. The Hall–Kier alpha value is -3.06. The smallest absolute Gasteiger partial charge is 0.170 e. The first-order valence-electron chi connectivity index (χ1n) is 9.63. The van der Waals surface area contributed by atoms with Crippen molar-refractivity contribution < 1.29 is 5.11 Å². The van der Waals surface area contributed by atoms with E-state index in [1.54, 1.807) is 12.1 Å². The minimum Gasteiger partial charge on any atom is -0.508 e. The van der Waals surface area contributed by atoms with Crippen molar-refractivity contribution >= 4 is 28.7 Å². The number of fused-ring (bicyclic) bond motifs is 1. The Morgan fingerprint density at radius 3 is 2.55 bits per heavy atom. The molecule has 1 N–H and O–H groups in total. The number of thioether (sulfide) groups is 1. The van der Waals surface area contributed by atoms with Gasteiger partial charge in [-0.15, -0.1) is 0 Å². The Morgan fingerprint density at radius 1 is 1.00 bits per heavy atom. The molecular weight excluding hydrogens is 382 g/mol. The molecular formula is C22H21N5OS. The number of anilines is 1. The van der Waals surface area contributed by atoms with Crippen molar-refractivity contribution in [1.29, 1.82) is 0 Å². The van der Waals surface area contributed by atoms with Crippen LogP contribution in [0.4, 0.5) is 5.82 Å². The van der Waals surface area contributed by atoms with E-state index in [4.69, 9.17) is 9.97 Å². The Morgan fingerprint density at radius 2 is 1.79 bits per heavy atom. The first kappa shape index (κ1) is 18.0. The molecule has 146 valence electrons. The van der Waals surface area contributed by atoms with Crippen molar-refractivity contribution in [3.8, 4) is 22.8 Å². The molecule has 7 heteroatoms. The molecule has 4 aromatic rings. The third kappa shape index (κ3) is 3.42. The highest BCUT2D eigenvalue weighted by molar-refractivity contribution is 7.99. The summed E-state index contributed by atoms with van der Waals surface area (Å²) in [4.78, 5) is 16.7. The van der Waals surface area contributed by atoms with Crippen molar-refractivity contribution in [2.45, 2.75) is 6.92 Å². The van der Waals surface area contributed by atoms with E-state index in [0.717, 1.165) is 52.8 Å². The van der Waals surface area contributed by atoms with Gasteiger partial charge in [-0.2, -0.15) is 11.8 Å². The minimum absolute atomic E-state index is 0.203. The number of aromatic nitrogens is 4. The molecule has 0 unspecified atom stereocenters. The van der Waals surface area contributed by atoms with Crippen LogP contribution in [0.25, 0.3) is 28.2 Å². The van der Waals surface area contributed by atoms with Gasteiger partial charge in [-0.3, -0.25) is 4.57 Å². The molecule has 2 aromatic heterocycles. The fourth-order valence-corrected chi connectivity index (χ4v) is 4.45. The summed E-state index contributed by atoms with van der Waals surface area (Å²) in [5.41, 5.74) is 4.59. The average molecular weight is 404 g/mol. The first-order valence-corrected chi connectivity index (χ1v) is 10.8. The molecule has 0 atom stereocenters. The molecule has 3 heterocycles. The van der Waals surface area contributed by atoms with Crippen LogP contribution in [0.2, 0.25) is 0 Å². The fraction of sp³-hybridized carbons (Fsp3) is 0.227. The van der Waals surface area contributed by atoms with E-state index in [0.29, 0.717) is 5.82 Å². The van der Waals surface area contributed by atoms with Gasteiger partial charge in [0.05, 0.1) is 0 Å². The number of aryl methyl sites for hydroxylation is 1. The summed E-state index contributed by atoms with van der Waals surface area (Å²) < 4.78 is 2.00. The highest BCUT2D eigenvalue weighted by Crippen LogP contribution is 2.30. The molecule has 0 saturated carbocycles. The summed E-state index contributed by atoms with van der Waals surface area (Å²) in [6.07, 6.45) is 1.82. The average Bonchev–Trinajstić information content (AvgIpc) is 3.18. The molecule has 0 radical (unpaired) electrons. The summed E-state index contributed by atoms with van der Waals surface area (Å²) in [6.45, 7) is 3.95. The van der Waals surface area contributed by atoms with Gasteiger partial charge in [0.15, 0.2) is 22.8 Å². The summed E-state index contributed by atoms with van der Waals surface area (Å²) >= 11 is 1.96. The van der Waals surface area contributed by atoms with Crippen molar-refractivity contribution in [3.63, 3.8) is 0 Å². The molecule has 0 aliphatic carbocycles. The zero-order valence-electron chi connectivity index (χ0n) is 16.1. The van der Waals surface area contributed by atoms with E-state index in [1.807, 2.05) is 34.8 Å². The van der Waals surface area contributed by atoms with Crippen molar-refractivity contribution in [2.75, 3.05) is 29.5 Å². The second-order valence-corrected chi connectivity index (χ2v) is 8.37. The lowest BCUT2D eigenvalue weighted by atomic mass is 10.2. The van der Waals surface area contributed by atoms with E-state index in [-0.39, 0.29) is 5.75 Å². The topological polar surface area (TPSA) is 67.1 Å². The monoisotopic (exact) mass is 403 g/mol. The number of aromatic hydroxyl groups is 1. The predicted octanol–water partition coefficient (Wildman–Crippen LogP) is 4.05. The Labute approximate surface area is 173 Å². The zero-order valence-corrected chi connectivity index (χ0v) is 16.9. The minimum atomic E-state index is 0.203. The Kier molecular flexibility index (Phi) is 4.60. The Bertz CT molecular complexity index is 1170. The summed E-state index contributed by atoms with van der Waals surface area (Å²) in [6, 6.07) is 15.4. The number of hydrogen-bond acceptors (Lipinski definition) is 6. The van der Waals surface area contributed by atoms with Gasteiger partial charge in [-0.1, -0.05) is 29.8 Å². The van der Waals surface area contributed by atoms with Crippen molar-refractivity contribution in [1.82, 2.24) is 19.5 Å². The van der Waals surface area contributed by atoms with Crippen LogP contribution in [0.5, 0.6) is 5.75 Å². The normalized spacial score (nSPS) is 14.4. The molecule has 1 aliphatic heterocycles. The molecule has 6 nitrogen and oxygen atoms in total. The maximum absolute atomic E-state index is 9.94. The number of phenols is 1. The van der Waals surface area contributed by atoms with Crippen LogP contribution in [0.15, 0.2) is 54.9 Å². The number of nitrogens with zero attached hydrogens (tertiary/aromatic N) is 5. The van der Waals surface area contributed by atoms with Gasteiger partial charge in [0, 0.05) is 35.8 Å². The number of rotatable bonds is 3. The van der Waals surface area contributed by atoms with Crippen LogP contribution in [0.3, 0.4) is 0 Å². The molecule has 0 amide bonds. The second-order valence-electron chi connectivity index (χ2n) is 7.14. The molecule has 29 heavy (non-hydrogen) atoms. The Balaban J connectivity index is 1.72. The van der Waals surface area contributed by atoms with E-state index in [2.05, 4.69) is 41.1 Å². The van der Waals surface area contributed by atoms with Crippen LogP contribution in [-0.4, -0.2) is 49.2 Å². The molecule has 1 aliphatic rings. The van der Waals surface area contributed by atoms with E-state index >= 15 is 0 Å². The maximum Gasteiger partial charge on any atom is 0.170 e. The summed E-state index contributed by atoms with van der Waals surface area (Å²) in [5.74, 6) is 3.81. The molecule has 2 aromatic carbocycles. The van der Waals surface area contributed by atoms with Crippen LogP contribution in [-0.2, 0) is 0 Å².